The largest absolute Gasteiger partial charge is 0.494 e. The van der Waals surface area contributed by atoms with Crippen molar-refractivity contribution in [2.45, 2.75) is 13.3 Å². The molecule has 0 aromatic carbocycles. The Balaban J connectivity index is 3.40. The highest BCUT2D eigenvalue weighted by atomic mass is 19.3. The summed E-state index contributed by atoms with van der Waals surface area (Å²) in [6.45, 7) is 1.61. The van der Waals surface area contributed by atoms with Crippen LogP contribution in [-0.2, 0) is 0 Å². The highest BCUT2D eigenvalue weighted by molar-refractivity contribution is 5.81. The average Bonchev–Trinajstić information content (AvgIpc) is 2.16. The molecule has 0 amide bonds. The number of alkyl halides is 2. The molecule has 1 aromatic rings. The van der Waals surface area contributed by atoms with E-state index in [9.17, 15) is 13.6 Å². The molecule has 0 atom stereocenters. The topological polar surface area (TPSA) is 39.2 Å². The summed E-state index contributed by atoms with van der Waals surface area (Å²) in [4.78, 5) is 14.2. The first-order chi connectivity index (χ1) is 6.61. The van der Waals surface area contributed by atoms with Gasteiger partial charge in [-0.25, -0.2) is 8.78 Å². The van der Waals surface area contributed by atoms with Gasteiger partial charge in [-0.3, -0.25) is 9.78 Å². The van der Waals surface area contributed by atoms with E-state index in [1.54, 1.807) is 6.92 Å². The number of hydrogen-bond acceptors (Lipinski definition) is 3. The van der Waals surface area contributed by atoms with Crippen molar-refractivity contribution < 1.29 is 18.3 Å². The van der Waals surface area contributed by atoms with Crippen molar-refractivity contribution in [3.8, 4) is 5.75 Å². The maximum absolute atomic E-state index is 12.4. The van der Waals surface area contributed by atoms with Crippen LogP contribution in [0.1, 0.15) is 28.0 Å². The summed E-state index contributed by atoms with van der Waals surface area (Å²) in [5.74, 6) is -0.144. The number of aldehydes is 1. The first-order valence-electron chi connectivity index (χ1n) is 3.88. The zero-order valence-corrected chi connectivity index (χ0v) is 7.75. The van der Waals surface area contributed by atoms with Crippen LogP contribution in [0.2, 0.25) is 0 Å². The van der Waals surface area contributed by atoms with E-state index in [1.807, 2.05) is 0 Å². The molecule has 0 bridgehead atoms. The Kier molecular flexibility index (Phi) is 3.11. The van der Waals surface area contributed by atoms with Crippen molar-refractivity contribution in [1.29, 1.82) is 0 Å². The van der Waals surface area contributed by atoms with E-state index >= 15 is 0 Å². The Bertz CT molecular complexity index is 353. The van der Waals surface area contributed by atoms with Gasteiger partial charge in [0.15, 0.2) is 12.0 Å². The molecule has 14 heavy (non-hydrogen) atoms. The van der Waals surface area contributed by atoms with E-state index in [1.165, 1.54) is 13.3 Å². The molecule has 1 aromatic heterocycles. The van der Waals surface area contributed by atoms with E-state index < -0.39 is 12.1 Å². The van der Waals surface area contributed by atoms with E-state index in [0.29, 0.717) is 11.8 Å². The van der Waals surface area contributed by atoms with Gasteiger partial charge < -0.3 is 4.74 Å². The third kappa shape index (κ3) is 1.71. The van der Waals surface area contributed by atoms with Crippen molar-refractivity contribution in [3.63, 3.8) is 0 Å². The maximum Gasteiger partial charge on any atom is 0.284 e. The Morgan fingerprint density at radius 3 is 2.64 bits per heavy atom. The summed E-state index contributed by atoms with van der Waals surface area (Å²) in [7, 11) is 1.23. The van der Waals surface area contributed by atoms with E-state index in [0.717, 1.165) is 0 Å². The molecule has 0 aliphatic heterocycles. The molecule has 0 radical (unpaired) electrons. The van der Waals surface area contributed by atoms with Crippen LogP contribution in [0.3, 0.4) is 0 Å². The Morgan fingerprint density at radius 1 is 1.57 bits per heavy atom. The van der Waals surface area contributed by atoms with Crippen LogP contribution < -0.4 is 4.74 Å². The fourth-order valence-corrected chi connectivity index (χ4v) is 1.13. The molecule has 76 valence electrons. The Labute approximate surface area is 79.7 Å². The third-order valence-electron chi connectivity index (χ3n) is 1.83. The molecule has 0 fully saturated rings. The Morgan fingerprint density at radius 2 is 2.21 bits per heavy atom. The quantitative estimate of drug-likeness (QED) is 0.703. The molecule has 1 heterocycles. The zero-order chi connectivity index (χ0) is 10.7. The number of rotatable bonds is 3. The second-order valence-corrected chi connectivity index (χ2v) is 2.69. The molecule has 0 spiro atoms. The van der Waals surface area contributed by atoms with Crippen LogP contribution in [0, 0.1) is 6.92 Å². The van der Waals surface area contributed by atoms with Gasteiger partial charge >= 0.3 is 0 Å². The number of ether oxygens (including phenoxy) is 1. The SMILES string of the molecule is COc1c(C(F)F)ncc(C)c1C=O. The average molecular weight is 201 g/mol. The van der Waals surface area contributed by atoms with Gasteiger partial charge in [0.25, 0.3) is 6.43 Å². The second-order valence-electron chi connectivity index (χ2n) is 2.69. The van der Waals surface area contributed by atoms with Gasteiger partial charge in [0.05, 0.1) is 12.7 Å². The number of carbonyl (C=O) groups is 1. The minimum atomic E-state index is -2.75. The van der Waals surface area contributed by atoms with Gasteiger partial charge in [0, 0.05) is 6.20 Å². The molecule has 0 N–H and O–H groups in total. The van der Waals surface area contributed by atoms with Crippen molar-refractivity contribution in [1.82, 2.24) is 4.98 Å². The summed E-state index contributed by atoms with van der Waals surface area (Å²) in [6, 6.07) is 0. The normalized spacial score (nSPS) is 10.4. The van der Waals surface area contributed by atoms with E-state index in [4.69, 9.17) is 4.74 Å². The number of methoxy groups -OCH3 is 1. The van der Waals surface area contributed by atoms with Crippen molar-refractivity contribution in [2.24, 2.45) is 0 Å². The lowest BCUT2D eigenvalue weighted by Crippen LogP contribution is -2.02. The van der Waals surface area contributed by atoms with E-state index in [2.05, 4.69) is 4.98 Å². The van der Waals surface area contributed by atoms with Crippen LogP contribution in [0.25, 0.3) is 0 Å². The van der Waals surface area contributed by atoms with Gasteiger partial charge in [0.2, 0.25) is 0 Å². The lowest BCUT2D eigenvalue weighted by Gasteiger charge is -2.10. The molecule has 0 unspecified atom stereocenters. The standard InChI is InChI=1S/C9H9F2NO2/c1-5-3-12-7(9(10)11)8(14-2)6(5)4-13/h3-4,9H,1-2H3. The lowest BCUT2D eigenvalue weighted by atomic mass is 10.1. The number of aromatic nitrogens is 1. The second kappa shape index (κ2) is 4.13. The fraction of sp³-hybridized carbons (Fsp3) is 0.333. The maximum atomic E-state index is 12.4. The minimum absolute atomic E-state index is 0.123. The van der Waals surface area contributed by atoms with Crippen LogP contribution >= 0.6 is 0 Å². The summed E-state index contributed by atoms with van der Waals surface area (Å²) in [5.41, 5.74) is 0.138. The highest BCUT2D eigenvalue weighted by Crippen LogP contribution is 2.30. The minimum Gasteiger partial charge on any atom is -0.494 e. The first kappa shape index (κ1) is 10.6. The van der Waals surface area contributed by atoms with Crippen molar-refractivity contribution in [2.75, 3.05) is 7.11 Å². The molecule has 3 nitrogen and oxygen atoms in total. The fourth-order valence-electron chi connectivity index (χ4n) is 1.13. The molecule has 0 aliphatic carbocycles. The van der Waals surface area contributed by atoms with Crippen LogP contribution in [-0.4, -0.2) is 18.4 Å². The summed E-state index contributed by atoms with van der Waals surface area (Å²) < 4.78 is 29.5. The summed E-state index contributed by atoms with van der Waals surface area (Å²) in [6.07, 6.45) is -1.03. The smallest absolute Gasteiger partial charge is 0.284 e. The molecule has 5 heteroatoms. The van der Waals surface area contributed by atoms with Crippen LogP contribution in [0.5, 0.6) is 5.75 Å². The summed E-state index contributed by atoms with van der Waals surface area (Å²) >= 11 is 0. The molecular weight excluding hydrogens is 192 g/mol. The third-order valence-corrected chi connectivity index (χ3v) is 1.83. The molecule has 1 rings (SSSR count). The number of pyridine rings is 1. The van der Waals surface area contributed by atoms with Gasteiger partial charge in [0.1, 0.15) is 5.69 Å². The number of hydrogen-bond donors (Lipinski definition) is 0. The first-order valence-corrected chi connectivity index (χ1v) is 3.88. The molecule has 0 saturated heterocycles. The highest BCUT2D eigenvalue weighted by Gasteiger charge is 2.19. The predicted octanol–water partition coefficient (Wildman–Crippen LogP) is 2.15. The van der Waals surface area contributed by atoms with Gasteiger partial charge in [-0.1, -0.05) is 0 Å². The summed E-state index contributed by atoms with van der Waals surface area (Å²) in [5, 5.41) is 0. The molecule has 0 aliphatic rings. The van der Waals surface area contributed by atoms with E-state index in [-0.39, 0.29) is 11.3 Å². The Hall–Kier alpha value is -1.52. The molecule has 0 saturated carbocycles. The number of nitrogens with zero attached hydrogens (tertiary/aromatic N) is 1. The van der Waals surface area contributed by atoms with Crippen molar-refractivity contribution >= 4 is 6.29 Å². The van der Waals surface area contributed by atoms with Gasteiger partial charge in [-0.15, -0.1) is 0 Å². The van der Waals surface area contributed by atoms with Crippen LogP contribution in [0.15, 0.2) is 6.20 Å². The zero-order valence-electron chi connectivity index (χ0n) is 7.75. The number of halogens is 2. The lowest BCUT2D eigenvalue weighted by molar-refractivity contribution is 0.111. The monoisotopic (exact) mass is 201 g/mol. The van der Waals surface area contributed by atoms with Crippen molar-refractivity contribution in [3.05, 3.63) is 23.0 Å². The van der Waals surface area contributed by atoms with Crippen LogP contribution in [0.4, 0.5) is 8.78 Å². The van der Waals surface area contributed by atoms with Gasteiger partial charge in [-0.2, -0.15) is 0 Å². The molecular formula is C9H9F2NO2. The van der Waals surface area contributed by atoms with Gasteiger partial charge in [-0.05, 0) is 12.5 Å². The predicted molar refractivity (Wildman–Crippen MR) is 45.9 cm³/mol. The number of carbonyl (C=O) groups excluding carboxylic acids is 1. The number of aryl methyl sites for hydroxylation is 1.